The van der Waals surface area contributed by atoms with E-state index in [1.165, 1.54) is 12.1 Å². The molecule has 2 bridgehead atoms. The van der Waals surface area contributed by atoms with Crippen molar-refractivity contribution in [3.05, 3.63) is 141 Å². The molecule has 11 heteroatoms. The van der Waals surface area contributed by atoms with Crippen LogP contribution in [0.15, 0.2) is 108 Å². The maximum Gasteiger partial charge on any atom is 0.317 e. The number of aliphatic hydroxyl groups excluding tert-OH is 1. The van der Waals surface area contributed by atoms with E-state index in [0.717, 1.165) is 49.2 Å². The smallest absolute Gasteiger partial charge is 0.317 e. The van der Waals surface area contributed by atoms with Crippen molar-refractivity contribution in [2.45, 2.75) is 56.5 Å². The number of esters is 1. The maximum atomic E-state index is 14.0. The summed E-state index contributed by atoms with van der Waals surface area (Å²) in [7, 11) is 0. The van der Waals surface area contributed by atoms with Crippen LogP contribution in [0.25, 0.3) is 10.9 Å². The molecular weight excluding hydrogens is 709 g/mol. The van der Waals surface area contributed by atoms with Crippen LogP contribution in [-0.4, -0.2) is 82.2 Å². The van der Waals surface area contributed by atoms with E-state index in [-0.39, 0.29) is 35.8 Å². The molecule has 2 atom stereocenters. The number of phenols is 1. The second kappa shape index (κ2) is 16.3. The number of carbonyl (C=O) groups excluding carboxylic acids is 2. The lowest BCUT2D eigenvalue weighted by Crippen LogP contribution is -2.55. The molecule has 1 aromatic heterocycles. The molecule has 0 saturated carbocycles. The Bertz CT molecular complexity index is 2210. The average Bonchev–Trinajstić information content (AvgIpc) is 3.24. The van der Waals surface area contributed by atoms with Crippen LogP contribution in [0.1, 0.15) is 64.4 Å². The fourth-order valence-corrected chi connectivity index (χ4v) is 8.56. The minimum Gasteiger partial charge on any atom is -0.506 e. The highest BCUT2D eigenvalue weighted by Crippen LogP contribution is 2.39. The molecule has 0 aliphatic carbocycles. The molecule has 0 radical (unpaired) electrons. The van der Waals surface area contributed by atoms with Gasteiger partial charge in [-0.3, -0.25) is 19.3 Å². The van der Waals surface area contributed by atoms with Gasteiger partial charge in [-0.15, -0.1) is 0 Å². The summed E-state index contributed by atoms with van der Waals surface area (Å²) in [4.78, 5) is 46.2. The SMILES string of the molecule is O=C(c1ccc(OCc2ccc(CNCC(O)c3ccc(O)c4[nH]c(=O)ccc34)cc2)cc1)N1CCC(C(=O)O[C@H]2CN3CCC2CC3)(c2ccccc2)CC1. The number of ether oxygens (including phenoxy) is 2. The minimum atomic E-state index is -0.840. The van der Waals surface area contributed by atoms with Crippen molar-refractivity contribution < 1.29 is 29.3 Å². The van der Waals surface area contributed by atoms with Crippen molar-refractivity contribution in [3.8, 4) is 11.5 Å². The normalized spacial score (nSPS) is 20.7. The first kappa shape index (κ1) is 37.4. The first-order valence-corrected chi connectivity index (χ1v) is 19.6. The summed E-state index contributed by atoms with van der Waals surface area (Å²) in [5.74, 6) is 0.832. The maximum absolute atomic E-state index is 14.0. The van der Waals surface area contributed by atoms with Gasteiger partial charge >= 0.3 is 5.97 Å². The van der Waals surface area contributed by atoms with Crippen molar-refractivity contribution in [2.75, 3.05) is 39.3 Å². The number of aromatic nitrogens is 1. The topological polar surface area (TPSA) is 144 Å². The minimum absolute atomic E-state index is 0.0437. The number of amides is 1. The van der Waals surface area contributed by atoms with Crippen LogP contribution in [0.3, 0.4) is 0 Å². The number of rotatable bonds is 12. The summed E-state index contributed by atoms with van der Waals surface area (Å²) in [5, 5.41) is 24.8. The number of aromatic amines is 1. The van der Waals surface area contributed by atoms with Gasteiger partial charge < -0.3 is 34.9 Å². The van der Waals surface area contributed by atoms with E-state index in [9.17, 15) is 24.6 Å². The summed E-state index contributed by atoms with van der Waals surface area (Å²) in [6.45, 7) is 5.10. The second-order valence-corrected chi connectivity index (χ2v) is 15.4. The number of fused-ring (bicyclic) bond motifs is 4. The third-order valence-corrected chi connectivity index (χ3v) is 11.9. The van der Waals surface area contributed by atoms with Crippen LogP contribution in [-0.2, 0) is 28.1 Å². The molecule has 9 rings (SSSR count). The zero-order chi connectivity index (χ0) is 38.6. The summed E-state index contributed by atoms with van der Waals surface area (Å²) in [6, 6.07) is 31.3. The summed E-state index contributed by atoms with van der Waals surface area (Å²) < 4.78 is 12.3. The lowest BCUT2D eigenvalue weighted by molar-refractivity contribution is -0.167. The number of aliphatic hydroxyl groups is 1. The van der Waals surface area contributed by atoms with Gasteiger partial charge in [-0.2, -0.15) is 0 Å². The molecule has 4 aromatic carbocycles. The predicted molar refractivity (Wildman–Crippen MR) is 212 cm³/mol. The zero-order valence-electron chi connectivity index (χ0n) is 31.4. The third-order valence-electron chi connectivity index (χ3n) is 11.9. The molecule has 5 heterocycles. The Morgan fingerprint density at radius 2 is 1.57 bits per heavy atom. The van der Waals surface area contributed by atoms with Gasteiger partial charge in [0.15, 0.2) is 0 Å². The monoisotopic (exact) mass is 756 g/mol. The van der Waals surface area contributed by atoms with Crippen LogP contribution < -0.4 is 15.6 Å². The van der Waals surface area contributed by atoms with Gasteiger partial charge in [0.05, 0.1) is 17.0 Å². The van der Waals surface area contributed by atoms with Crippen LogP contribution in [0.2, 0.25) is 0 Å². The Hall–Kier alpha value is -5.49. The molecule has 4 aliphatic heterocycles. The second-order valence-electron chi connectivity index (χ2n) is 15.4. The van der Waals surface area contributed by atoms with Gasteiger partial charge in [-0.25, -0.2) is 0 Å². The van der Waals surface area contributed by atoms with Crippen LogP contribution in [0, 0.1) is 5.92 Å². The largest absolute Gasteiger partial charge is 0.506 e. The van der Waals surface area contributed by atoms with Gasteiger partial charge in [0.1, 0.15) is 24.2 Å². The molecule has 5 aromatic rings. The predicted octanol–water partition coefficient (Wildman–Crippen LogP) is 5.45. The molecule has 4 N–H and O–H groups in total. The van der Waals surface area contributed by atoms with E-state index in [2.05, 4.69) is 15.2 Å². The lowest BCUT2D eigenvalue weighted by Gasteiger charge is -2.46. The number of carbonyl (C=O) groups is 2. The van der Waals surface area contributed by atoms with E-state index in [4.69, 9.17) is 9.47 Å². The Kier molecular flexibility index (Phi) is 10.9. The standard InChI is InChI=1S/C45H48N4O7/c50-38-16-14-36(37-15-17-41(52)47-42(37)38)39(51)27-46-26-30-6-8-31(9-7-30)29-55-35-12-10-33(11-13-35)43(53)49-24-20-45(21-25-49,34-4-2-1-3-5-34)44(54)56-40-28-48-22-18-32(40)19-23-48/h1-17,32,39-40,46,50-51H,18-29H2,(H,47,52)/t39?,40-/m0/s1. The van der Waals surface area contributed by atoms with Gasteiger partial charge in [0, 0.05) is 49.7 Å². The Morgan fingerprint density at radius 1 is 0.857 bits per heavy atom. The first-order chi connectivity index (χ1) is 27.3. The highest BCUT2D eigenvalue weighted by Gasteiger charge is 2.47. The summed E-state index contributed by atoms with van der Waals surface area (Å²) >= 11 is 0. The van der Waals surface area contributed by atoms with Crippen molar-refractivity contribution in [1.82, 2.24) is 20.1 Å². The average molecular weight is 757 g/mol. The number of H-pyrrole nitrogens is 1. The summed E-state index contributed by atoms with van der Waals surface area (Å²) in [6.07, 6.45) is 2.29. The Labute approximate surface area is 325 Å². The number of benzene rings is 4. The number of hydrogen-bond acceptors (Lipinski definition) is 9. The van der Waals surface area contributed by atoms with Gasteiger partial charge in [-0.05, 0) is 103 Å². The summed E-state index contributed by atoms with van der Waals surface area (Å²) in [5.41, 5.74) is 3.39. The third kappa shape index (κ3) is 7.93. The Balaban J connectivity index is 0.815. The number of pyridine rings is 1. The van der Waals surface area contributed by atoms with Crippen molar-refractivity contribution in [2.24, 2.45) is 5.92 Å². The molecular formula is C45H48N4O7. The van der Waals surface area contributed by atoms with E-state index in [1.54, 1.807) is 24.3 Å². The fourth-order valence-electron chi connectivity index (χ4n) is 8.56. The molecule has 1 amide bonds. The first-order valence-electron chi connectivity index (χ1n) is 19.6. The molecule has 290 valence electrons. The molecule has 4 aliphatic rings. The number of likely N-dealkylation sites (tertiary alicyclic amines) is 1. The lowest BCUT2D eigenvalue weighted by atomic mass is 9.72. The van der Waals surface area contributed by atoms with Gasteiger partial charge in [0.25, 0.3) is 5.91 Å². The number of nitrogens with one attached hydrogen (secondary N) is 2. The molecule has 11 nitrogen and oxygen atoms in total. The number of piperidine rings is 4. The number of aromatic hydroxyl groups is 1. The molecule has 4 fully saturated rings. The highest BCUT2D eigenvalue weighted by atomic mass is 16.5. The number of phenolic OH excluding ortho intramolecular Hbond substituents is 1. The highest BCUT2D eigenvalue weighted by molar-refractivity contribution is 5.95. The van der Waals surface area contributed by atoms with Crippen molar-refractivity contribution >= 4 is 22.8 Å². The van der Waals surface area contributed by atoms with E-state index >= 15 is 0 Å². The quantitative estimate of drug-likeness (QED) is 0.122. The zero-order valence-corrected chi connectivity index (χ0v) is 31.4. The van der Waals surface area contributed by atoms with E-state index < -0.39 is 11.5 Å². The molecule has 4 saturated heterocycles. The molecule has 0 spiro atoms. The molecule has 56 heavy (non-hydrogen) atoms. The molecule has 1 unspecified atom stereocenters. The van der Waals surface area contributed by atoms with Crippen molar-refractivity contribution in [3.63, 3.8) is 0 Å². The van der Waals surface area contributed by atoms with Crippen LogP contribution in [0.5, 0.6) is 11.5 Å². The van der Waals surface area contributed by atoms with E-state index in [1.807, 2.05) is 71.6 Å². The van der Waals surface area contributed by atoms with Gasteiger partial charge in [-0.1, -0.05) is 60.7 Å². The Morgan fingerprint density at radius 3 is 2.27 bits per heavy atom. The van der Waals surface area contributed by atoms with Gasteiger partial charge in [0.2, 0.25) is 5.56 Å². The fraction of sp³-hybridized carbons (Fsp3) is 0.356. The van der Waals surface area contributed by atoms with Crippen LogP contribution in [0.4, 0.5) is 0 Å². The number of nitrogens with zero attached hydrogens (tertiary/aromatic N) is 2. The van der Waals surface area contributed by atoms with Crippen molar-refractivity contribution in [1.29, 1.82) is 0 Å². The van der Waals surface area contributed by atoms with Crippen LogP contribution >= 0.6 is 0 Å². The van der Waals surface area contributed by atoms with E-state index in [0.29, 0.717) is 72.8 Å². The number of hydrogen-bond donors (Lipinski definition) is 4.